The number of halogens is 1. The normalized spacial score (nSPS) is 10.1. The number of nitriles is 1. The van der Waals surface area contributed by atoms with Crippen molar-refractivity contribution < 1.29 is 0 Å². The maximum Gasteiger partial charge on any atom is 0.103 e. The molecule has 4 heteroatoms. The lowest BCUT2D eigenvalue weighted by Gasteiger charge is -2.05. The fourth-order valence-corrected chi connectivity index (χ4v) is 1.74. The lowest BCUT2D eigenvalue weighted by atomic mass is 10.2. The molecule has 1 heterocycles. The SMILES string of the molecule is CCc1c(C#N)cnn1-c1ccc(Cl)cc1. The summed E-state index contributed by atoms with van der Waals surface area (Å²) in [4.78, 5) is 0. The second-order valence-electron chi connectivity index (χ2n) is 3.36. The molecule has 0 saturated carbocycles. The summed E-state index contributed by atoms with van der Waals surface area (Å²) in [6, 6.07) is 9.53. The highest BCUT2D eigenvalue weighted by atomic mass is 35.5. The van der Waals surface area contributed by atoms with Crippen molar-refractivity contribution >= 4 is 11.6 Å². The predicted molar refractivity (Wildman–Crippen MR) is 62.7 cm³/mol. The first-order chi connectivity index (χ1) is 7.76. The van der Waals surface area contributed by atoms with Crippen molar-refractivity contribution in [3.63, 3.8) is 0 Å². The third kappa shape index (κ3) is 1.80. The average molecular weight is 232 g/mol. The number of rotatable bonds is 2. The summed E-state index contributed by atoms with van der Waals surface area (Å²) in [5.41, 5.74) is 2.46. The highest BCUT2D eigenvalue weighted by molar-refractivity contribution is 6.30. The van der Waals surface area contributed by atoms with Gasteiger partial charge in [0.2, 0.25) is 0 Å². The minimum Gasteiger partial charge on any atom is -0.236 e. The molecule has 0 aliphatic heterocycles. The Morgan fingerprint density at radius 1 is 1.38 bits per heavy atom. The minimum absolute atomic E-state index is 0.623. The van der Waals surface area contributed by atoms with Crippen LogP contribution >= 0.6 is 11.6 Å². The summed E-state index contributed by atoms with van der Waals surface area (Å²) >= 11 is 5.82. The van der Waals surface area contributed by atoms with Crippen molar-refractivity contribution in [2.45, 2.75) is 13.3 Å². The molecular formula is C12H10ClN3. The van der Waals surface area contributed by atoms with Gasteiger partial charge in [0.1, 0.15) is 6.07 Å². The molecule has 0 atom stereocenters. The fourth-order valence-electron chi connectivity index (χ4n) is 1.61. The Hall–Kier alpha value is -1.79. The maximum atomic E-state index is 8.93. The zero-order chi connectivity index (χ0) is 11.5. The van der Waals surface area contributed by atoms with Gasteiger partial charge in [0.15, 0.2) is 0 Å². The first kappa shape index (κ1) is 10.7. The second kappa shape index (κ2) is 4.38. The fraction of sp³-hybridized carbons (Fsp3) is 0.167. The maximum absolute atomic E-state index is 8.93. The van der Waals surface area contributed by atoms with Gasteiger partial charge in [-0.2, -0.15) is 10.4 Å². The number of aromatic nitrogens is 2. The van der Waals surface area contributed by atoms with Crippen LogP contribution in [0.3, 0.4) is 0 Å². The van der Waals surface area contributed by atoms with E-state index in [1.54, 1.807) is 10.9 Å². The highest BCUT2D eigenvalue weighted by Gasteiger charge is 2.09. The molecule has 16 heavy (non-hydrogen) atoms. The monoisotopic (exact) mass is 231 g/mol. The summed E-state index contributed by atoms with van der Waals surface area (Å²) in [5, 5.41) is 13.8. The summed E-state index contributed by atoms with van der Waals surface area (Å²) in [6.45, 7) is 2.00. The van der Waals surface area contributed by atoms with Gasteiger partial charge >= 0.3 is 0 Å². The lowest BCUT2D eigenvalue weighted by molar-refractivity contribution is 0.813. The van der Waals surface area contributed by atoms with Crippen LogP contribution in [0.25, 0.3) is 5.69 Å². The van der Waals surface area contributed by atoms with Crippen molar-refractivity contribution in [2.75, 3.05) is 0 Å². The van der Waals surface area contributed by atoms with E-state index in [1.165, 1.54) is 0 Å². The molecule has 0 bridgehead atoms. The van der Waals surface area contributed by atoms with E-state index in [1.807, 2.05) is 31.2 Å². The third-order valence-corrected chi connectivity index (χ3v) is 2.65. The van der Waals surface area contributed by atoms with Gasteiger partial charge in [0.05, 0.1) is 23.1 Å². The molecule has 80 valence electrons. The molecule has 0 aliphatic rings. The van der Waals surface area contributed by atoms with Crippen molar-refractivity contribution in [3.05, 3.63) is 46.7 Å². The predicted octanol–water partition coefficient (Wildman–Crippen LogP) is 2.96. The topological polar surface area (TPSA) is 41.6 Å². The summed E-state index contributed by atoms with van der Waals surface area (Å²) in [7, 11) is 0. The quantitative estimate of drug-likeness (QED) is 0.798. The molecule has 0 radical (unpaired) electrons. The van der Waals surface area contributed by atoms with Crippen LogP contribution in [0.2, 0.25) is 5.02 Å². The van der Waals surface area contributed by atoms with Gasteiger partial charge in [-0.05, 0) is 30.7 Å². The summed E-state index contributed by atoms with van der Waals surface area (Å²) < 4.78 is 1.77. The third-order valence-electron chi connectivity index (χ3n) is 2.40. The van der Waals surface area contributed by atoms with E-state index in [0.717, 1.165) is 17.8 Å². The summed E-state index contributed by atoms with van der Waals surface area (Å²) in [6.07, 6.45) is 2.36. The number of hydrogen-bond acceptors (Lipinski definition) is 2. The Balaban J connectivity index is 2.52. The highest BCUT2D eigenvalue weighted by Crippen LogP contribution is 2.17. The Labute approximate surface area is 98.9 Å². The van der Waals surface area contributed by atoms with Crippen molar-refractivity contribution in [3.8, 4) is 11.8 Å². The van der Waals surface area contributed by atoms with E-state index in [9.17, 15) is 0 Å². The Morgan fingerprint density at radius 3 is 2.62 bits per heavy atom. The van der Waals surface area contributed by atoms with E-state index in [2.05, 4.69) is 11.2 Å². The van der Waals surface area contributed by atoms with Gasteiger partial charge in [-0.15, -0.1) is 0 Å². The van der Waals surface area contributed by atoms with Gasteiger partial charge in [-0.3, -0.25) is 0 Å². The Kier molecular flexibility index (Phi) is 2.93. The Bertz CT molecular complexity index is 534. The van der Waals surface area contributed by atoms with Crippen molar-refractivity contribution in [1.29, 1.82) is 5.26 Å². The molecule has 0 spiro atoms. The van der Waals surface area contributed by atoms with Crippen LogP contribution in [0.4, 0.5) is 0 Å². The molecule has 0 N–H and O–H groups in total. The molecule has 2 rings (SSSR count). The van der Waals surface area contributed by atoms with Gasteiger partial charge in [-0.25, -0.2) is 4.68 Å². The van der Waals surface area contributed by atoms with Crippen LogP contribution in [0.1, 0.15) is 18.2 Å². The second-order valence-corrected chi connectivity index (χ2v) is 3.79. The molecule has 0 saturated heterocycles. The smallest absolute Gasteiger partial charge is 0.103 e. The van der Waals surface area contributed by atoms with Crippen LogP contribution in [0.15, 0.2) is 30.5 Å². The van der Waals surface area contributed by atoms with E-state index >= 15 is 0 Å². The van der Waals surface area contributed by atoms with Crippen LogP contribution in [-0.4, -0.2) is 9.78 Å². The van der Waals surface area contributed by atoms with Crippen LogP contribution < -0.4 is 0 Å². The van der Waals surface area contributed by atoms with E-state index in [-0.39, 0.29) is 0 Å². The zero-order valence-electron chi connectivity index (χ0n) is 8.81. The standard InChI is InChI=1S/C12H10ClN3/c1-2-12-9(7-14)8-15-16(12)11-5-3-10(13)4-6-11/h3-6,8H,2H2,1H3. The molecule has 0 fully saturated rings. The van der Waals surface area contributed by atoms with Gasteiger partial charge < -0.3 is 0 Å². The number of hydrogen-bond donors (Lipinski definition) is 0. The Morgan fingerprint density at radius 2 is 2.06 bits per heavy atom. The number of nitrogens with zero attached hydrogens (tertiary/aromatic N) is 3. The lowest BCUT2D eigenvalue weighted by Crippen LogP contribution is -2.01. The molecule has 0 aliphatic carbocycles. The van der Waals surface area contributed by atoms with E-state index < -0.39 is 0 Å². The number of benzene rings is 1. The molecule has 0 unspecified atom stereocenters. The molecule has 1 aromatic carbocycles. The van der Waals surface area contributed by atoms with Crippen molar-refractivity contribution in [1.82, 2.24) is 9.78 Å². The zero-order valence-corrected chi connectivity index (χ0v) is 9.57. The van der Waals surface area contributed by atoms with Crippen LogP contribution in [-0.2, 0) is 6.42 Å². The van der Waals surface area contributed by atoms with Gasteiger partial charge in [-0.1, -0.05) is 18.5 Å². The van der Waals surface area contributed by atoms with Gasteiger partial charge in [0, 0.05) is 5.02 Å². The summed E-state index contributed by atoms with van der Waals surface area (Å²) in [5.74, 6) is 0. The first-order valence-electron chi connectivity index (χ1n) is 4.99. The molecule has 0 amide bonds. The minimum atomic E-state index is 0.623. The van der Waals surface area contributed by atoms with Crippen LogP contribution in [0.5, 0.6) is 0 Å². The van der Waals surface area contributed by atoms with Crippen molar-refractivity contribution in [2.24, 2.45) is 0 Å². The molecule has 1 aromatic heterocycles. The largest absolute Gasteiger partial charge is 0.236 e. The molecular weight excluding hydrogens is 222 g/mol. The average Bonchev–Trinajstić information content (AvgIpc) is 2.72. The van der Waals surface area contributed by atoms with E-state index in [0.29, 0.717) is 10.6 Å². The molecule has 3 nitrogen and oxygen atoms in total. The first-order valence-corrected chi connectivity index (χ1v) is 5.37. The molecule has 2 aromatic rings. The van der Waals surface area contributed by atoms with E-state index in [4.69, 9.17) is 16.9 Å². The van der Waals surface area contributed by atoms with Gasteiger partial charge in [0.25, 0.3) is 0 Å². The van der Waals surface area contributed by atoms with Crippen LogP contribution in [0, 0.1) is 11.3 Å².